The third kappa shape index (κ3) is 6.94. The van der Waals surface area contributed by atoms with Crippen molar-refractivity contribution < 1.29 is 90.8 Å². The summed E-state index contributed by atoms with van der Waals surface area (Å²) in [6.07, 6.45) is -0.176. The van der Waals surface area contributed by atoms with Crippen molar-refractivity contribution in [3.63, 3.8) is 0 Å². The maximum absolute atomic E-state index is 12.1. The molecule has 4 atom stereocenters. The maximum Gasteiger partial charge on any atom is 0.346 e. The Hall–Kier alpha value is -7.96. The van der Waals surface area contributed by atoms with Crippen molar-refractivity contribution in [2.75, 3.05) is 13.2 Å². The van der Waals surface area contributed by atoms with E-state index in [0.29, 0.717) is 6.42 Å². The first-order valence-electron chi connectivity index (χ1n) is 18.3. The number of rotatable bonds is 5. The Kier molecular flexibility index (Phi) is 9.80. The normalized spacial score (nSPS) is 22.2. The van der Waals surface area contributed by atoms with Gasteiger partial charge in [-0.3, -0.25) is 38.4 Å². The van der Waals surface area contributed by atoms with Crippen molar-refractivity contribution in [1.82, 2.24) is 0 Å². The second kappa shape index (κ2) is 15.0. The minimum atomic E-state index is -0.840. The highest BCUT2D eigenvalue weighted by atomic mass is 16.6. The fourth-order valence-electron chi connectivity index (χ4n) is 8.10. The second-order valence-electron chi connectivity index (χ2n) is 14.5. The summed E-state index contributed by atoms with van der Waals surface area (Å²) >= 11 is 0. The average Bonchev–Trinajstić information content (AvgIpc) is 4.07. The lowest BCUT2D eigenvalue weighted by atomic mass is 9.89. The van der Waals surface area contributed by atoms with Crippen molar-refractivity contribution in [2.45, 2.75) is 25.7 Å². The van der Waals surface area contributed by atoms with Crippen LogP contribution < -0.4 is 0 Å². The molecule has 10 rings (SSSR count). The van der Waals surface area contributed by atoms with Crippen LogP contribution in [-0.4, -0.2) is 95.7 Å². The summed E-state index contributed by atoms with van der Waals surface area (Å²) in [6, 6.07) is 10.4. The lowest BCUT2D eigenvalue weighted by Gasteiger charge is -2.09. The minimum absolute atomic E-state index is 0.0227. The topological polar surface area (TPSA) is 285 Å². The molecule has 61 heavy (non-hydrogen) atoms. The molecule has 1 saturated heterocycles. The highest BCUT2D eigenvalue weighted by Gasteiger charge is 2.63. The van der Waals surface area contributed by atoms with Gasteiger partial charge in [0.25, 0.3) is 0 Å². The molecule has 306 valence electrons. The van der Waals surface area contributed by atoms with E-state index in [4.69, 9.17) is 9.47 Å². The SMILES string of the molecule is O=C(OCCOC(=O)c1ccc2c(c1)C(=O)OC2=O)c1ccc2c(c1)C(=O)CC2=O.O=C1CC(=O)C2C1CC1C(=O)OC(=O)C12.O=C1CC(=O)c2cc3c(cc21)C(=O)OC3=O. The first-order chi connectivity index (χ1) is 29.0. The largest absolute Gasteiger partial charge is 0.458 e. The van der Waals surface area contributed by atoms with E-state index in [1.54, 1.807) is 0 Å². The van der Waals surface area contributed by atoms with Crippen LogP contribution in [-0.2, 0) is 42.9 Å². The molecule has 19 heteroatoms. The predicted octanol–water partition coefficient (Wildman–Crippen LogP) is 2.03. The third-order valence-corrected chi connectivity index (χ3v) is 11.0. The van der Waals surface area contributed by atoms with Gasteiger partial charge < -0.3 is 23.7 Å². The number of carbonyl (C=O) groups is 14. The Morgan fingerprint density at radius 2 is 0.885 bits per heavy atom. The van der Waals surface area contributed by atoms with Crippen LogP contribution in [0.1, 0.15) is 129 Å². The van der Waals surface area contributed by atoms with Crippen molar-refractivity contribution in [1.29, 1.82) is 0 Å². The fourth-order valence-corrected chi connectivity index (χ4v) is 8.10. The summed E-state index contributed by atoms with van der Waals surface area (Å²) in [5, 5.41) is 0. The molecule has 4 unspecified atom stereocenters. The van der Waals surface area contributed by atoms with Crippen LogP contribution in [0.2, 0.25) is 0 Å². The Labute approximate surface area is 339 Å². The number of carbonyl (C=O) groups excluding carboxylic acids is 14. The molecule has 0 aromatic heterocycles. The average molecular weight is 833 g/mol. The van der Waals surface area contributed by atoms with Crippen LogP contribution in [0.4, 0.5) is 0 Å². The smallest absolute Gasteiger partial charge is 0.346 e. The minimum Gasteiger partial charge on any atom is -0.458 e. The molecule has 0 bridgehead atoms. The summed E-state index contributed by atoms with van der Waals surface area (Å²) < 4.78 is 23.3. The molecule has 19 nitrogen and oxygen atoms in total. The molecule has 0 spiro atoms. The number of Topliss-reactive ketones (excluding diaryl/α,β-unsaturated/α-hetero) is 6. The molecule has 3 aromatic carbocycles. The predicted molar refractivity (Wildman–Crippen MR) is 190 cm³/mol. The van der Waals surface area contributed by atoms with E-state index in [1.165, 1.54) is 48.5 Å². The zero-order chi connectivity index (χ0) is 43.6. The van der Waals surface area contributed by atoms with E-state index in [9.17, 15) is 67.1 Å². The van der Waals surface area contributed by atoms with E-state index in [0.717, 1.165) is 0 Å². The van der Waals surface area contributed by atoms with Crippen LogP contribution in [0, 0.1) is 23.7 Å². The highest BCUT2D eigenvalue weighted by molar-refractivity contribution is 6.27. The van der Waals surface area contributed by atoms with Gasteiger partial charge in [-0.1, -0.05) is 0 Å². The maximum atomic E-state index is 12.1. The summed E-state index contributed by atoms with van der Waals surface area (Å²) in [4.78, 5) is 161. The molecular formula is C42H24O19. The molecule has 7 aliphatic rings. The van der Waals surface area contributed by atoms with E-state index >= 15 is 0 Å². The number of benzene rings is 3. The number of esters is 8. The first-order valence-corrected chi connectivity index (χ1v) is 18.3. The third-order valence-electron chi connectivity index (χ3n) is 11.0. The van der Waals surface area contributed by atoms with E-state index in [1.807, 2.05) is 0 Å². The highest BCUT2D eigenvalue weighted by Crippen LogP contribution is 2.50. The van der Waals surface area contributed by atoms with Gasteiger partial charge in [0.2, 0.25) is 0 Å². The Morgan fingerprint density at radius 3 is 1.43 bits per heavy atom. The van der Waals surface area contributed by atoms with Crippen molar-refractivity contribution >= 4 is 82.5 Å². The Morgan fingerprint density at radius 1 is 0.443 bits per heavy atom. The second-order valence-corrected chi connectivity index (χ2v) is 14.5. The fraction of sp³-hybridized carbons (Fsp3) is 0.238. The summed E-state index contributed by atoms with van der Waals surface area (Å²) in [6.45, 7) is -0.507. The van der Waals surface area contributed by atoms with Crippen LogP contribution in [0.3, 0.4) is 0 Å². The molecule has 4 aliphatic carbocycles. The molecule has 3 fully saturated rings. The lowest BCUT2D eigenvalue weighted by Crippen LogP contribution is -2.24. The first kappa shape index (κ1) is 39.8. The van der Waals surface area contributed by atoms with Crippen molar-refractivity contribution in [3.8, 4) is 0 Å². The molecule has 0 N–H and O–H groups in total. The van der Waals surface area contributed by atoms with Gasteiger partial charge in [-0.05, 0) is 55.0 Å². The number of cyclic esters (lactones) is 6. The summed E-state index contributed by atoms with van der Waals surface area (Å²) in [7, 11) is 0. The van der Waals surface area contributed by atoms with Gasteiger partial charge in [0, 0.05) is 34.1 Å². The monoisotopic (exact) mass is 832 g/mol. The van der Waals surface area contributed by atoms with Gasteiger partial charge in [-0.25, -0.2) is 28.8 Å². The van der Waals surface area contributed by atoms with Crippen molar-refractivity contribution in [2.24, 2.45) is 23.7 Å². The van der Waals surface area contributed by atoms with Gasteiger partial charge in [0.1, 0.15) is 24.8 Å². The Balaban J connectivity index is 0.000000139. The molecule has 0 amide bonds. The number of ketones is 6. The van der Waals surface area contributed by atoms with Crippen LogP contribution in [0.5, 0.6) is 0 Å². The van der Waals surface area contributed by atoms with E-state index in [-0.39, 0.29) is 123 Å². The molecule has 2 saturated carbocycles. The van der Waals surface area contributed by atoms with E-state index < -0.39 is 71.4 Å². The number of hydrogen-bond acceptors (Lipinski definition) is 19. The molecule has 3 aromatic rings. The van der Waals surface area contributed by atoms with Gasteiger partial charge in [0.05, 0.1) is 64.5 Å². The zero-order valence-electron chi connectivity index (χ0n) is 30.9. The molecule has 0 radical (unpaired) electrons. The van der Waals surface area contributed by atoms with Crippen LogP contribution in [0.15, 0.2) is 48.5 Å². The molecular weight excluding hydrogens is 808 g/mol. The molecule has 3 heterocycles. The van der Waals surface area contributed by atoms with Gasteiger partial charge in [-0.2, -0.15) is 0 Å². The van der Waals surface area contributed by atoms with Crippen molar-refractivity contribution in [3.05, 3.63) is 104 Å². The van der Waals surface area contributed by atoms with Gasteiger partial charge >= 0.3 is 47.8 Å². The summed E-state index contributed by atoms with van der Waals surface area (Å²) in [5.41, 5.74) is 1.19. The Bertz CT molecular complexity index is 2490. The van der Waals surface area contributed by atoms with Gasteiger partial charge in [-0.15, -0.1) is 0 Å². The van der Waals surface area contributed by atoms with Crippen LogP contribution in [0.25, 0.3) is 0 Å². The quantitative estimate of drug-likeness (QED) is 0.154. The summed E-state index contributed by atoms with van der Waals surface area (Å²) in [5.74, 6) is -9.70. The standard InChI is InChI=1S/C21H12O9.C11H4O5.C10H8O5/c22-16-9-17(23)14-7-10(1-3-12(14)16)18(24)28-5-6-29-19(25)11-2-4-13-15(8-11)21(27)30-20(13)26;12-8-3-9(13)5-2-7-6(1-4(5)8)10(14)16-11(7)15;11-5-2-6(12)7-3(5)1-4-8(7)10(14)15-9(4)13/h1-4,7-8H,5-6,9H2;1-2H,3H2;3-4,7-8H,1-2H2. The van der Waals surface area contributed by atoms with Crippen LogP contribution >= 0.6 is 0 Å². The lowest BCUT2D eigenvalue weighted by molar-refractivity contribution is -0.155. The molecule has 3 aliphatic heterocycles. The number of fused-ring (bicyclic) bond motifs is 7. The van der Waals surface area contributed by atoms with E-state index in [2.05, 4.69) is 14.2 Å². The zero-order valence-corrected chi connectivity index (χ0v) is 30.9. The number of ether oxygens (including phenoxy) is 5. The van der Waals surface area contributed by atoms with Gasteiger partial charge in [0.15, 0.2) is 23.1 Å². The number of hydrogen-bond donors (Lipinski definition) is 0.